The molecule has 17 heavy (non-hydrogen) atoms. The molecule has 1 N–H and O–H groups in total. The molecule has 0 aliphatic carbocycles. The fourth-order valence-electron chi connectivity index (χ4n) is 1.79. The summed E-state index contributed by atoms with van der Waals surface area (Å²) in [6, 6.07) is 7.27. The summed E-state index contributed by atoms with van der Waals surface area (Å²) in [6.07, 6.45) is 0. The highest BCUT2D eigenvalue weighted by atomic mass is 35.5. The summed E-state index contributed by atoms with van der Waals surface area (Å²) >= 11 is 12.0. The summed E-state index contributed by atoms with van der Waals surface area (Å²) in [5, 5.41) is 5.09. The van der Waals surface area contributed by atoms with Gasteiger partial charge in [-0.15, -0.1) is 0 Å². The van der Waals surface area contributed by atoms with Crippen LogP contribution in [0.1, 0.15) is 5.69 Å². The lowest BCUT2D eigenvalue weighted by atomic mass is 10.1. The molecule has 3 rings (SSSR count). The molecule has 0 fully saturated rings. The molecule has 2 aromatic heterocycles. The van der Waals surface area contributed by atoms with Crippen LogP contribution >= 0.6 is 23.2 Å². The number of nitrogens with one attached hydrogen (secondary N) is 1. The monoisotopic (exact) mass is 266 g/mol. The average Bonchev–Trinajstić information content (AvgIpc) is 2.81. The van der Waals surface area contributed by atoms with Crippen molar-refractivity contribution in [2.45, 2.75) is 6.92 Å². The van der Waals surface area contributed by atoms with Crippen LogP contribution in [-0.4, -0.2) is 10.1 Å². The summed E-state index contributed by atoms with van der Waals surface area (Å²) in [6.45, 7) is 1.88. The number of rotatable bonds is 1. The summed E-state index contributed by atoms with van der Waals surface area (Å²) < 4.78 is 5.16. The van der Waals surface area contributed by atoms with Crippen molar-refractivity contribution >= 4 is 34.3 Å². The van der Waals surface area contributed by atoms with Gasteiger partial charge < -0.3 is 9.51 Å². The van der Waals surface area contributed by atoms with Gasteiger partial charge in [0, 0.05) is 16.7 Å². The molecule has 0 saturated carbocycles. The average molecular weight is 267 g/mol. The van der Waals surface area contributed by atoms with E-state index in [4.69, 9.17) is 27.7 Å². The van der Waals surface area contributed by atoms with Crippen LogP contribution in [0.2, 0.25) is 10.0 Å². The van der Waals surface area contributed by atoms with Gasteiger partial charge in [0.05, 0.1) is 10.7 Å². The summed E-state index contributed by atoms with van der Waals surface area (Å²) in [7, 11) is 0. The maximum atomic E-state index is 6.15. The van der Waals surface area contributed by atoms with Gasteiger partial charge in [-0.2, -0.15) is 0 Å². The van der Waals surface area contributed by atoms with Gasteiger partial charge in [0.1, 0.15) is 11.2 Å². The quantitative estimate of drug-likeness (QED) is 0.708. The molecule has 1 aromatic carbocycles. The number of aromatic amines is 1. The number of aromatic nitrogens is 2. The third-order valence-corrected chi connectivity index (χ3v) is 3.19. The van der Waals surface area contributed by atoms with Gasteiger partial charge in [-0.3, -0.25) is 0 Å². The second-order valence-electron chi connectivity index (χ2n) is 3.81. The van der Waals surface area contributed by atoms with Gasteiger partial charge in [-0.05, 0) is 25.1 Å². The lowest BCUT2D eigenvalue weighted by molar-refractivity contribution is 0.450. The molecule has 0 atom stereocenters. The van der Waals surface area contributed by atoms with Crippen molar-refractivity contribution in [3.05, 3.63) is 40.0 Å². The van der Waals surface area contributed by atoms with Crippen molar-refractivity contribution in [1.82, 2.24) is 10.1 Å². The molecule has 0 spiro atoms. The first-order valence-electron chi connectivity index (χ1n) is 5.05. The standard InChI is InChI=1S/C12H8Cl2N2O/c1-6-12-11(17-16-6)5-10(15-12)8-3-2-7(13)4-9(8)14/h2-5,15H,1H3. The Morgan fingerprint density at radius 1 is 1.24 bits per heavy atom. The first-order chi connectivity index (χ1) is 8.15. The van der Waals surface area contributed by atoms with Crippen LogP contribution < -0.4 is 0 Å². The molecule has 0 unspecified atom stereocenters. The van der Waals surface area contributed by atoms with Crippen molar-refractivity contribution in [1.29, 1.82) is 0 Å². The van der Waals surface area contributed by atoms with Crippen LogP contribution in [0.5, 0.6) is 0 Å². The van der Waals surface area contributed by atoms with Gasteiger partial charge in [-0.1, -0.05) is 28.4 Å². The van der Waals surface area contributed by atoms with E-state index in [0.717, 1.165) is 28.1 Å². The number of hydrogen-bond donors (Lipinski definition) is 1. The maximum Gasteiger partial charge on any atom is 0.185 e. The number of benzene rings is 1. The van der Waals surface area contributed by atoms with Crippen molar-refractivity contribution in [3.8, 4) is 11.3 Å². The smallest absolute Gasteiger partial charge is 0.185 e. The third-order valence-electron chi connectivity index (χ3n) is 2.65. The van der Waals surface area contributed by atoms with E-state index in [1.807, 2.05) is 19.1 Å². The molecule has 3 nitrogen and oxygen atoms in total. The van der Waals surface area contributed by atoms with Crippen LogP contribution in [-0.2, 0) is 0 Å². The second-order valence-corrected chi connectivity index (χ2v) is 4.66. The third kappa shape index (κ3) is 1.72. The van der Waals surface area contributed by atoms with Crippen molar-refractivity contribution in [2.24, 2.45) is 0 Å². The Morgan fingerprint density at radius 2 is 2.06 bits per heavy atom. The zero-order valence-electron chi connectivity index (χ0n) is 8.92. The number of H-pyrrole nitrogens is 1. The molecule has 0 aliphatic rings. The number of aryl methyl sites for hydroxylation is 1. The van der Waals surface area contributed by atoms with Crippen LogP contribution in [0.3, 0.4) is 0 Å². The number of fused-ring (bicyclic) bond motifs is 1. The summed E-state index contributed by atoms with van der Waals surface area (Å²) in [4.78, 5) is 3.24. The van der Waals surface area contributed by atoms with Crippen molar-refractivity contribution in [3.63, 3.8) is 0 Å². The van der Waals surface area contributed by atoms with Gasteiger partial charge in [0.25, 0.3) is 0 Å². The Morgan fingerprint density at radius 3 is 2.76 bits per heavy atom. The molecule has 0 bridgehead atoms. The first-order valence-corrected chi connectivity index (χ1v) is 5.81. The van der Waals surface area contributed by atoms with E-state index >= 15 is 0 Å². The lowest BCUT2D eigenvalue weighted by Crippen LogP contribution is -1.80. The number of nitrogens with zero attached hydrogens (tertiary/aromatic N) is 1. The molecule has 0 aliphatic heterocycles. The Balaban J connectivity index is 2.20. The highest BCUT2D eigenvalue weighted by Gasteiger charge is 2.12. The number of halogens is 2. The predicted octanol–water partition coefficient (Wildman–Crippen LogP) is 4.44. The zero-order valence-corrected chi connectivity index (χ0v) is 10.4. The van der Waals surface area contributed by atoms with E-state index in [1.165, 1.54) is 0 Å². The van der Waals surface area contributed by atoms with E-state index in [1.54, 1.807) is 12.1 Å². The maximum absolute atomic E-state index is 6.15. The fourth-order valence-corrected chi connectivity index (χ4v) is 2.30. The van der Waals surface area contributed by atoms with E-state index in [9.17, 15) is 0 Å². The largest absolute Gasteiger partial charge is 0.354 e. The topological polar surface area (TPSA) is 41.8 Å². The predicted molar refractivity (Wildman–Crippen MR) is 68.6 cm³/mol. The van der Waals surface area contributed by atoms with Gasteiger partial charge in [-0.25, -0.2) is 0 Å². The minimum absolute atomic E-state index is 0.604. The molecule has 5 heteroatoms. The Labute approximate surface area is 107 Å². The molecule has 3 aromatic rings. The van der Waals surface area contributed by atoms with Crippen LogP contribution in [0.25, 0.3) is 22.4 Å². The first kappa shape index (κ1) is 10.7. The molecule has 86 valence electrons. The summed E-state index contributed by atoms with van der Waals surface area (Å²) in [5.74, 6) is 0. The van der Waals surface area contributed by atoms with E-state index in [-0.39, 0.29) is 0 Å². The second kappa shape index (κ2) is 3.79. The highest BCUT2D eigenvalue weighted by molar-refractivity contribution is 6.36. The fraction of sp³-hybridized carbons (Fsp3) is 0.0833. The molecule has 0 saturated heterocycles. The Kier molecular flexibility index (Phi) is 2.38. The lowest BCUT2D eigenvalue weighted by Gasteiger charge is -2.01. The van der Waals surface area contributed by atoms with Crippen molar-refractivity contribution < 1.29 is 4.52 Å². The number of hydrogen-bond acceptors (Lipinski definition) is 2. The van der Waals surface area contributed by atoms with Crippen molar-refractivity contribution in [2.75, 3.05) is 0 Å². The van der Waals surface area contributed by atoms with Crippen LogP contribution in [0.15, 0.2) is 28.8 Å². The molecular formula is C12H8Cl2N2O. The molecule has 2 heterocycles. The molecular weight excluding hydrogens is 259 g/mol. The van der Waals surface area contributed by atoms with Gasteiger partial charge >= 0.3 is 0 Å². The Bertz CT molecular complexity index is 700. The SMILES string of the molecule is Cc1noc2cc(-c3ccc(Cl)cc3Cl)[nH]c12. The normalized spacial score (nSPS) is 11.2. The zero-order chi connectivity index (χ0) is 12.0. The van der Waals surface area contributed by atoms with E-state index in [0.29, 0.717) is 10.0 Å². The van der Waals surface area contributed by atoms with Gasteiger partial charge in [0.15, 0.2) is 5.58 Å². The van der Waals surface area contributed by atoms with Crippen LogP contribution in [0.4, 0.5) is 0 Å². The van der Waals surface area contributed by atoms with Gasteiger partial charge in [0.2, 0.25) is 0 Å². The van der Waals surface area contributed by atoms with E-state index < -0.39 is 0 Å². The minimum Gasteiger partial charge on any atom is -0.354 e. The highest BCUT2D eigenvalue weighted by Crippen LogP contribution is 2.32. The molecule has 0 radical (unpaired) electrons. The van der Waals surface area contributed by atoms with E-state index in [2.05, 4.69) is 10.1 Å². The minimum atomic E-state index is 0.604. The van der Waals surface area contributed by atoms with Crippen LogP contribution in [0, 0.1) is 6.92 Å². The Hall–Kier alpha value is -1.45. The summed E-state index contributed by atoms with van der Waals surface area (Å²) in [5.41, 5.74) is 4.23. The molecule has 0 amide bonds.